The van der Waals surface area contributed by atoms with Crippen LogP contribution in [0.2, 0.25) is 5.02 Å². The van der Waals surface area contributed by atoms with Gasteiger partial charge in [-0.1, -0.05) is 35.9 Å². The number of nitrogens with one attached hydrogen (secondary N) is 1. The Labute approximate surface area is 117 Å². The molecule has 96 valence electrons. The Hall–Kier alpha value is -0.670. The Kier molecular flexibility index (Phi) is 3.53. The lowest BCUT2D eigenvalue weighted by Gasteiger charge is -2.23. The molecule has 0 radical (unpaired) electrons. The third kappa shape index (κ3) is 2.52. The van der Waals surface area contributed by atoms with Crippen molar-refractivity contribution in [3.05, 3.63) is 28.8 Å². The molecule has 3 rings (SSSR count). The predicted molar refractivity (Wildman–Crippen MR) is 80.8 cm³/mol. The number of hydrogen-bond acceptors (Lipinski definition) is 3. The highest BCUT2D eigenvalue weighted by Gasteiger charge is 2.31. The topological polar surface area (TPSA) is 24.4 Å². The molecule has 1 aliphatic heterocycles. The van der Waals surface area contributed by atoms with Gasteiger partial charge in [-0.15, -0.1) is 0 Å². The maximum Gasteiger partial charge on any atom is 0.161 e. The summed E-state index contributed by atoms with van der Waals surface area (Å²) >= 11 is 8.06. The normalized spacial score (nSPS) is 26.7. The lowest BCUT2D eigenvalue weighted by molar-refractivity contribution is 0.535. The Morgan fingerprint density at radius 3 is 3.11 bits per heavy atom. The Balaban J connectivity index is 1.76. The zero-order valence-electron chi connectivity index (χ0n) is 10.4. The van der Waals surface area contributed by atoms with E-state index in [4.69, 9.17) is 16.6 Å². The molecule has 2 unspecified atom stereocenters. The summed E-state index contributed by atoms with van der Waals surface area (Å²) in [4.78, 5) is 4.81. The summed E-state index contributed by atoms with van der Waals surface area (Å²) in [6.45, 7) is 2.05. The molecule has 1 N–H and O–H groups in total. The molecule has 4 heteroatoms. The smallest absolute Gasteiger partial charge is 0.161 e. The van der Waals surface area contributed by atoms with E-state index in [1.54, 1.807) is 0 Å². The van der Waals surface area contributed by atoms with Crippen LogP contribution >= 0.6 is 23.4 Å². The molecule has 1 aliphatic carbocycles. The number of fused-ring (bicyclic) bond motifs is 1. The second-order valence-corrected chi connectivity index (χ2v) is 6.53. The molecule has 0 saturated heterocycles. The number of nitrogens with zero attached hydrogens (tertiary/aromatic N) is 1. The van der Waals surface area contributed by atoms with Gasteiger partial charge in [0, 0.05) is 5.75 Å². The van der Waals surface area contributed by atoms with Gasteiger partial charge < -0.3 is 5.32 Å². The van der Waals surface area contributed by atoms with Gasteiger partial charge in [-0.3, -0.25) is 4.99 Å². The van der Waals surface area contributed by atoms with E-state index < -0.39 is 0 Å². The van der Waals surface area contributed by atoms with Crippen molar-refractivity contribution in [2.24, 2.45) is 10.9 Å². The minimum absolute atomic E-state index is 0.540. The average molecular weight is 281 g/mol. The molecule has 0 aromatic heterocycles. The largest absolute Gasteiger partial charge is 0.334 e. The van der Waals surface area contributed by atoms with Crippen molar-refractivity contribution in [1.82, 2.24) is 0 Å². The van der Waals surface area contributed by atoms with Gasteiger partial charge >= 0.3 is 0 Å². The van der Waals surface area contributed by atoms with Crippen LogP contribution in [-0.4, -0.2) is 17.0 Å². The summed E-state index contributed by atoms with van der Waals surface area (Å²) in [6, 6.07) is 6.62. The average Bonchev–Trinajstić information content (AvgIpc) is 2.80. The summed E-state index contributed by atoms with van der Waals surface area (Å²) in [5, 5.41) is 5.17. The van der Waals surface area contributed by atoms with Crippen LogP contribution in [-0.2, 0) is 0 Å². The van der Waals surface area contributed by atoms with E-state index in [9.17, 15) is 0 Å². The van der Waals surface area contributed by atoms with Gasteiger partial charge in [0.2, 0.25) is 0 Å². The van der Waals surface area contributed by atoms with Gasteiger partial charge in [-0.05, 0) is 43.4 Å². The number of amidine groups is 1. The van der Waals surface area contributed by atoms with Gasteiger partial charge in [0.1, 0.15) is 0 Å². The number of thioether (sulfide) groups is 1. The third-order valence-corrected chi connectivity index (χ3v) is 5.09. The molecular formula is C14H17ClN2S. The van der Waals surface area contributed by atoms with Crippen molar-refractivity contribution in [2.45, 2.75) is 32.2 Å². The highest BCUT2D eigenvalue weighted by Crippen LogP contribution is 2.36. The third-order valence-electron chi connectivity index (χ3n) is 3.70. The standard InChI is InChI=1S/C14H17ClN2S/c1-9-5-6-13(11(15)7-9)17-14-16-12-4-2-3-10(12)8-18-14/h5-7,10,12H,2-4,8H2,1H3,(H,16,17). The molecule has 1 saturated carbocycles. The lowest BCUT2D eigenvalue weighted by Crippen LogP contribution is -2.25. The molecule has 2 nitrogen and oxygen atoms in total. The maximum atomic E-state index is 6.23. The molecule has 18 heavy (non-hydrogen) atoms. The fraction of sp³-hybridized carbons (Fsp3) is 0.500. The first-order valence-electron chi connectivity index (χ1n) is 6.46. The van der Waals surface area contributed by atoms with E-state index in [1.807, 2.05) is 30.8 Å². The number of anilines is 1. The first-order valence-corrected chi connectivity index (χ1v) is 7.82. The summed E-state index contributed by atoms with van der Waals surface area (Å²) < 4.78 is 0. The summed E-state index contributed by atoms with van der Waals surface area (Å²) in [5.41, 5.74) is 2.14. The van der Waals surface area contributed by atoms with Crippen LogP contribution in [0.1, 0.15) is 24.8 Å². The number of halogens is 1. The Bertz CT molecular complexity index is 487. The molecule has 0 bridgehead atoms. The molecule has 0 spiro atoms. The fourth-order valence-electron chi connectivity index (χ4n) is 2.66. The number of aliphatic imine (C=N–C) groups is 1. The van der Waals surface area contributed by atoms with Crippen LogP contribution in [0.25, 0.3) is 0 Å². The van der Waals surface area contributed by atoms with Gasteiger partial charge in [0.05, 0.1) is 16.8 Å². The van der Waals surface area contributed by atoms with Crippen LogP contribution in [0.15, 0.2) is 23.2 Å². The van der Waals surface area contributed by atoms with Crippen LogP contribution < -0.4 is 5.32 Å². The number of rotatable bonds is 1. The molecule has 1 aromatic rings. The van der Waals surface area contributed by atoms with Gasteiger partial charge in [-0.2, -0.15) is 0 Å². The zero-order chi connectivity index (χ0) is 12.5. The van der Waals surface area contributed by atoms with Crippen LogP contribution in [0.3, 0.4) is 0 Å². The highest BCUT2D eigenvalue weighted by molar-refractivity contribution is 8.14. The lowest BCUT2D eigenvalue weighted by atomic mass is 10.1. The molecular weight excluding hydrogens is 264 g/mol. The van der Waals surface area contributed by atoms with Crippen LogP contribution in [0, 0.1) is 12.8 Å². The summed E-state index contributed by atoms with van der Waals surface area (Å²) in [6.07, 6.45) is 3.93. The number of benzene rings is 1. The number of hydrogen-bond donors (Lipinski definition) is 1. The van der Waals surface area contributed by atoms with Gasteiger partial charge in [0.25, 0.3) is 0 Å². The first-order chi connectivity index (χ1) is 8.72. The van der Waals surface area contributed by atoms with Crippen molar-refractivity contribution in [3.8, 4) is 0 Å². The summed E-state index contributed by atoms with van der Waals surface area (Å²) in [5.74, 6) is 1.99. The van der Waals surface area contributed by atoms with Crippen molar-refractivity contribution in [2.75, 3.05) is 11.1 Å². The molecule has 1 fully saturated rings. The Morgan fingerprint density at radius 1 is 1.39 bits per heavy atom. The van der Waals surface area contributed by atoms with E-state index in [2.05, 4.69) is 11.4 Å². The second-order valence-electron chi connectivity index (χ2n) is 5.11. The Morgan fingerprint density at radius 2 is 2.28 bits per heavy atom. The van der Waals surface area contributed by atoms with Crippen molar-refractivity contribution in [1.29, 1.82) is 0 Å². The number of aryl methyl sites for hydroxylation is 1. The van der Waals surface area contributed by atoms with Crippen LogP contribution in [0.5, 0.6) is 0 Å². The summed E-state index contributed by atoms with van der Waals surface area (Å²) in [7, 11) is 0. The van der Waals surface area contributed by atoms with Crippen molar-refractivity contribution < 1.29 is 0 Å². The van der Waals surface area contributed by atoms with E-state index in [1.165, 1.54) is 30.6 Å². The zero-order valence-corrected chi connectivity index (χ0v) is 12.0. The minimum atomic E-state index is 0.540. The predicted octanol–water partition coefficient (Wildman–Crippen LogP) is 4.33. The second kappa shape index (κ2) is 5.14. The fourth-order valence-corrected chi connectivity index (χ4v) is 4.10. The van der Waals surface area contributed by atoms with Crippen LogP contribution in [0.4, 0.5) is 5.69 Å². The van der Waals surface area contributed by atoms with E-state index in [0.29, 0.717) is 6.04 Å². The van der Waals surface area contributed by atoms with Crippen molar-refractivity contribution >= 4 is 34.2 Å². The van der Waals surface area contributed by atoms with E-state index in [-0.39, 0.29) is 0 Å². The molecule has 2 aliphatic rings. The van der Waals surface area contributed by atoms with Gasteiger partial charge in [0.15, 0.2) is 5.17 Å². The van der Waals surface area contributed by atoms with Gasteiger partial charge in [-0.25, -0.2) is 0 Å². The monoisotopic (exact) mass is 280 g/mol. The van der Waals surface area contributed by atoms with E-state index >= 15 is 0 Å². The first kappa shape index (κ1) is 12.4. The molecule has 1 aromatic carbocycles. The molecule has 0 amide bonds. The SMILES string of the molecule is Cc1ccc(NC2=NC3CCCC3CS2)c(Cl)c1. The maximum absolute atomic E-state index is 6.23. The highest BCUT2D eigenvalue weighted by atomic mass is 35.5. The molecule has 1 heterocycles. The van der Waals surface area contributed by atoms with E-state index in [0.717, 1.165) is 21.8 Å². The quantitative estimate of drug-likeness (QED) is 0.828. The molecule has 2 atom stereocenters. The minimum Gasteiger partial charge on any atom is -0.334 e. The van der Waals surface area contributed by atoms with Crippen molar-refractivity contribution in [3.63, 3.8) is 0 Å².